The summed E-state index contributed by atoms with van der Waals surface area (Å²) in [5, 5.41) is 3.30. The van der Waals surface area contributed by atoms with Crippen molar-refractivity contribution >= 4 is 35.0 Å². The minimum Gasteiger partial charge on any atom is -0.489 e. The third-order valence-electron chi connectivity index (χ3n) is 3.39. The van der Waals surface area contributed by atoms with E-state index < -0.39 is 0 Å². The fourth-order valence-electron chi connectivity index (χ4n) is 2.09. The maximum absolute atomic E-state index is 12.2. The number of halogens is 1. The van der Waals surface area contributed by atoms with Crippen molar-refractivity contribution in [1.29, 1.82) is 0 Å². The Kier molecular flexibility index (Phi) is 4.60. The SMILES string of the molecule is Cc1ccc(C(=O)Nc2ccc(OC3CSC3)cc2)c(Cl)c1. The van der Waals surface area contributed by atoms with Crippen LogP contribution in [-0.4, -0.2) is 23.5 Å². The molecule has 0 radical (unpaired) electrons. The molecule has 0 unspecified atom stereocenters. The van der Waals surface area contributed by atoms with Crippen molar-refractivity contribution < 1.29 is 9.53 Å². The van der Waals surface area contributed by atoms with Crippen molar-refractivity contribution in [2.75, 3.05) is 16.8 Å². The Hall–Kier alpha value is -1.65. The number of rotatable bonds is 4. The summed E-state index contributed by atoms with van der Waals surface area (Å²) in [5.74, 6) is 2.71. The lowest BCUT2D eigenvalue weighted by Crippen LogP contribution is -2.30. The number of carbonyl (C=O) groups is 1. The van der Waals surface area contributed by atoms with Crippen LogP contribution >= 0.6 is 23.4 Å². The summed E-state index contributed by atoms with van der Waals surface area (Å²) in [6, 6.07) is 12.8. The van der Waals surface area contributed by atoms with E-state index in [1.54, 1.807) is 12.1 Å². The fourth-order valence-corrected chi connectivity index (χ4v) is 2.98. The molecule has 1 aliphatic rings. The molecular formula is C17H16ClNO2S. The number of amides is 1. The third-order valence-corrected chi connectivity index (χ3v) is 4.92. The lowest BCUT2D eigenvalue weighted by Gasteiger charge is -2.25. The first-order valence-electron chi connectivity index (χ1n) is 7.04. The minimum atomic E-state index is -0.214. The molecule has 114 valence electrons. The molecule has 3 nitrogen and oxygen atoms in total. The van der Waals surface area contributed by atoms with Gasteiger partial charge in [-0.15, -0.1) is 0 Å². The van der Waals surface area contributed by atoms with Crippen LogP contribution in [0.2, 0.25) is 5.02 Å². The highest BCUT2D eigenvalue weighted by Crippen LogP contribution is 2.25. The molecule has 1 fully saturated rings. The number of carbonyl (C=O) groups excluding carboxylic acids is 1. The average Bonchev–Trinajstić information content (AvgIpc) is 2.44. The van der Waals surface area contributed by atoms with Gasteiger partial charge in [-0.1, -0.05) is 17.7 Å². The maximum Gasteiger partial charge on any atom is 0.257 e. The van der Waals surface area contributed by atoms with Crippen molar-refractivity contribution in [3.63, 3.8) is 0 Å². The molecule has 0 atom stereocenters. The van der Waals surface area contributed by atoms with Gasteiger partial charge in [-0.25, -0.2) is 0 Å². The number of thioether (sulfide) groups is 1. The number of ether oxygens (including phenoxy) is 1. The van der Waals surface area contributed by atoms with E-state index in [2.05, 4.69) is 5.32 Å². The Labute approximate surface area is 139 Å². The van der Waals surface area contributed by atoms with Gasteiger partial charge in [0, 0.05) is 17.2 Å². The van der Waals surface area contributed by atoms with Crippen LogP contribution in [0, 0.1) is 6.92 Å². The Bertz CT molecular complexity index is 684. The second-order valence-electron chi connectivity index (χ2n) is 5.24. The largest absolute Gasteiger partial charge is 0.489 e. The molecule has 0 bridgehead atoms. The standard InChI is InChI=1S/C17H16ClNO2S/c1-11-2-7-15(16(18)8-11)17(20)19-12-3-5-13(6-4-12)21-14-9-22-10-14/h2-8,14H,9-10H2,1H3,(H,19,20). The van der Waals surface area contributed by atoms with Crippen molar-refractivity contribution in [1.82, 2.24) is 0 Å². The fraction of sp³-hybridized carbons (Fsp3) is 0.235. The highest BCUT2D eigenvalue weighted by atomic mass is 35.5. The zero-order valence-corrected chi connectivity index (χ0v) is 13.7. The molecule has 1 heterocycles. The highest BCUT2D eigenvalue weighted by Gasteiger charge is 2.19. The third kappa shape index (κ3) is 3.57. The van der Waals surface area contributed by atoms with Crippen molar-refractivity contribution in [3.05, 3.63) is 58.6 Å². The van der Waals surface area contributed by atoms with Crippen molar-refractivity contribution in [3.8, 4) is 5.75 Å². The number of hydrogen-bond donors (Lipinski definition) is 1. The monoisotopic (exact) mass is 333 g/mol. The molecule has 1 aliphatic heterocycles. The molecule has 0 aromatic heterocycles. The minimum absolute atomic E-state index is 0.214. The first-order chi connectivity index (χ1) is 10.6. The van der Waals surface area contributed by atoms with Gasteiger partial charge in [0.25, 0.3) is 5.91 Å². The number of anilines is 1. The Morgan fingerprint density at radius 2 is 1.95 bits per heavy atom. The smallest absolute Gasteiger partial charge is 0.257 e. The van der Waals surface area contributed by atoms with Crippen LogP contribution in [0.15, 0.2) is 42.5 Å². The van der Waals surface area contributed by atoms with Crippen LogP contribution in [0.25, 0.3) is 0 Å². The summed E-state index contributed by atoms with van der Waals surface area (Å²) >= 11 is 7.99. The van der Waals surface area contributed by atoms with Gasteiger partial charge in [0.1, 0.15) is 11.9 Å². The van der Waals surface area contributed by atoms with Gasteiger partial charge in [0.2, 0.25) is 0 Å². The van der Waals surface area contributed by atoms with E-state index in [0.717, 1.165) is 28.5 Å². The highest BCUT2D eigenvalue weighted by molar-refractivity contribution is 8.00. The normalized spacial score (nSPS) is 14.3. The Morgan fingerprint density at radius 1 is 1.23 bits per heavy atom. The van der Waals surface area contributed by atoms with Crippen LogP contribution in [0.3, 0.4) is 0 Å². The second kappa shape index (κ2) is 6.63. The van der Waals surface area contributed by atoms with Gasteiger partial charge in [-0.3, -0.25) is 4.79 Å². The molecule has 1 saturated heterocycles. The van der Waals surface area contributed by atoms with Gasteiger partial charge in [-0.05, 0) is 48.9 Å². The zero-order chi connectivity index (χ0) is 15.5. The summed E-state index contributed by atoms with van der Waals surface area (Å²) in [4.78, 5) is 12.2. The van der Waals surface area contributed by atoms with E-state index in [0.29, 0.717) is 16.7 Å². The molecular weight excluding hydrogens is 318 g/mol. The summed E-state index contributed by atoms with van der Waals surface area (Å²) in [7, 11) is 0. The van der Waals surface area contributed by atoms with E-state index in [1.807, 2.05) is 49.0 Å². The number of nitrogens with one attached hydrogen (secondary N) is 1. The van der Waals surface area contributed by atoms with Crippen LogP contribution < -0.4 is 10.1 Å². The lowest BCUT2D eigenvalue weighted by molar-refractivity contribution is 0.102. The summed E-state index contributed by atoms with van der Waals surface area (Å²) in [6.07, 6.45) is 0.316. The second-order valence-corrected chi connectivity index (χ2v) is 6.72. The quantitative estimate of drug-likeness (QED) is 0.901. The van der Waals surface area contributed by atoms with E-state index >= 15 is 0 Å². The maximum atomic E-state index is 12.2. The van der Waals surface area contributed by atoms with Crippen LogP contribution in [-0.2, 0) is 0 Å². The van der Waals surface area contributed by atoms with Crippen LogP contribution in [0.4, 0.5) is 5.69 Å². The predicted octanol–water partition coefficient (Wildman–Crippen LogP) is 4.39. The van der Waals surface area contributed by atoms with Gasteiger partial charge in [-0.2, -0.15) is 11.8 Å². The van der Waals surface area contributed by atoms with Crippen molar-refractivity contribution in [2.45, 2.75) is 13.0 Å². The van der Waals surface area contributed by atoms with Crippen molar-refractivity contribution in [2.24, 2.45) is 0 Å². The number of benzene rings is 2. The molecule has 2 aromatic carbocycles. The first-order valence-corrected chi connectivity index (χ1v) is 8.57. The summed E-state index contributed by atoms with van der Waals surface area (Å²) in [6.45, 7) is 1.94. The number of hydrogen-bond acceptors (Lipinski definition) is 3. The zero-order valence-electron chi connectivity index (χ0n) is 12.1. The number of aryl methyl sites for hydroxylation is 1. The van der Waals surface area contributed by atoms with E-state index in [4.69, 9.17) is 16.3 Å². The lowest BCUT2D eigenvalue weighted by atomic mass is 10.1. The Morgan fingerprint density at radius 3 is 2.55 bits per heavy atom. The molecule has 22 heavy (non-hydrogen) atoms. The van der Waals surface area contributed by atoms with Gasteiger partial charge in [0.15, 0.2) is 0 Å². The molecule has 0 aliphatic carbocycles. The molecule has 5 heteroatoms. The van der Waals surface area contributed by atoms with E-state index in [-0.39, 0.29) is 5.91 Å². The van der Waals surface area contributed by atoms with E-state index in [9.17, 15) is 4.79 Å². The first kappa shape index (κ1) is 15.3. The molecule has 0 saturated carbocycles. The summed E-state index contributed by atoms with van der Waals surface area (Å²) in [5.41, 5.74) is 2.22. The van der Waals surface area contributed by atoms with E-state index in [1.165, 1.54) is 0 Å². The molecule has 3 rings (SSSR count). The van der Waals surface area contributed by atoms with Gasteiger partial charge < -0.3 is 10.1 Å². The van der Waals surface area contributed by atoms with Crippen LogP contribution in [0.5, 0.6) is 5.75 Å². The van der Waals surface area contributed by atoms with Crippen LogP contribution in [0.1, 0.15) is 15.9 Å². The van der Waals surface area contributed by atoms with Gasteiger partial charge in [0.05, 0.1) is 10.6 Å². The topological polar surface area (TPSA) is 38.3 Å². The summed E-state index contributed by atoms with van der Waals surface area (Å²) < 4.78 is 5.77. The molecule has 2 aromatic rings. The predicted molar refractivity (Wildman–Crippen MR) is 92.3 cm³/mol. The molecule has 1 N–H and O–H groups in total. The average molecular weight is 334 g/mol. The Balaban J connectivity index is 1.65. The molecule has 1 amide bonds. The van der Waals surface area contributed by atoms with Gasteiger partial charge >= 0.3 is 0 Å². The molecule has 0 spiro atoms.